The number of hydrogen-bond acceptors (Lipinski definition) is 2. The van der Waals surface area contributed by atoms with Gasteiger partial charge in [0.05, 0.1) is 5.69 Å². The van der Waals surface area contributed by atoms with Gasteiger partial charge in [0.1, 0.15) is 0 Å². The van der Waals surface area contributed by atoms with Gasteiger partial charge in [-0.1, -0.05) is 24.0 Å². The Labute approximate surface area is 124 Å². The summed E-state index contributed by atoms with van der Waals surface area (Å²) in [4.78, 5) is 4.59. The number of fused-ring (bicyclic) bond motifs is 1. The van der Waals surface area contributed by atoms with Crippen molar-refractivity contribution >= 4 is 5.65 Å². The van der Waals surface area contributed by atoms with Gasteiger partial charge in [-0.05, 0) is 37.6 Å². The Bertz CT molecular complexity index is 834. The van der Waals surface area contributed by atoms with Gasteiger partial charge in [-0.15, -0.1) is 0 Å². The molecule has 0 atom stereocenters. The van der Waals surface area contributed by atoms with Crippen LogP contribution in [0.2, 0.25) is 0 Å². The molecule has 0 amide bonds. The van der Waals surface area contributed by atoms with E-state index in [1.165, 1.54) is 5.56 Å². The maximum absolute atomic E-state index is 4.59. The van der Waals surface area contributed by atoms with Gasteiger partial charge < -0.3 is 0 Å². The molecule has 0 saturated carbocycles. The molecule has 1 aromatic carbocycles. The van der Waals surface area contributed by atoms with E-state index in [1.807, 2.05) is 37.4 Å². The second-order valence-corrected chi connectivity index (χ2v) is 5.18. The lowest BCUT2D eigenvalue weighted by Gasteiger charge is -1.97. The van der Waals surface area contributed by atoms with Gasteiger partial charge in [0.2, 0.25) is 0 Å². The summed E-state index contributed by atoms with van der Waals surface area (Å²) in [5, 5.41) is 4.32. The maximum atomic E-state index is 4.59. The molecule has 104 valence electrons. The minimum atomic E-state index is 0.810. The molecule has 3 nitrogen and oxygen atoms in total. The van der Waals surface area contributed by atoms with Crippen LogP contribution in [0.1, 0.15) is 28.9 Å². The Morgan fingerprint density at radius 2 is 2.05 bits per heavy atom. The molecule has 0 unspecified atom stereocenters. The Morgan fingerprint density at radius 1 is 1.14 bits per heavy atom. The first kappa shape index (κ1) is 13.4. The Balaban J connectivity index is 1.67. The molecule has 0 saturated heterocycles. The van der Waals surface area contributed by atoms with Crippen LogP contribution in [0, 0.1) is 25.7 Å². The molecule has 3 heteroatoms. The van der Waals surface area contributed by atoms with E-state index in [1.54, 1.807) is 4.52 Å². The van der Waals surface area contributed by atoms with E-state index < -0.39 is 0 Å². The molecule has 0 aliphatic heterocycles. The average Bonchev–Trinajstić information content (AvgIpc) is 2.83. The Morgan fingerprint density at radius 3 is 2.90 bits per heavy atom. The molecule has 0 fully saturated rings. The van der Waals surface area contributed by atoms with E-state index in [0.717, 1.165) is 35.4 Å². The van der Waals surface area contributed by atoms with Crippen molar-refractivity contribution in [2.75, 3.05) is 0 Å². The summed E-state index contributed by atoms with van der Waals surface area (Å²) in [6.45, 7) is 4.06. The molecular formula is C18H17N3. The topological polar surface area (TPSA) is 30.2 Å². The van der Waals surface area contributed by atoms with Crippen LogP contribution >= 0.6 is 0 Å². The zero-order valence-corrected chi connectivity index (χ0v) is 12.3. The maximum Gasteiger partial charge on any atom is 0.155 e. The van der Waals surface area contributed by atoms with Crippen molar-refractivity contribution in [3.63, 3.8) is 0 Å². The predicted molar refractivity (Wildman–Crippen MR) is 84.1 cm³/mol. The lowest BCUT2D eigenvalue weighted by molar-refractivity contribution is 0.884. The minimum Gasteiger partial charge on any atom is -0.234 e. The highest BCUT2D eigenvalue weighted by molar-refractivity contribution is 5.39. The Hall–Kier alpha value is -2.60. The first-order valence-corrected chi connectivity index (χ1v) is 7.08. The van der Waals surface area contributed by atoms with Crippen molar-refractivity contribution in [2.45, 2.75) is 26.7 Å². The number of hydrogen-bond donors (Lipinski definition) is 0. The highest BCUT2D eigenvalue weighted by Crippen LogP contribution is 2.06. The average molecular weight is 275 g/mol. The Kier molecular flexibility index (Phi) is 3.70. The molecule has 0 radical (unpaired) electrons. The predicted octanol–water partition coefficient (Wildman–Crippen LogP) is 3.33. The number of nitrogens with zero attached hydrogens (tertiary/aromatic N) is 3. The van der Waals surface area contributed by atoms with Crippen LogP contribution in [0.4, 0.5) is 0 Å². The number of benzene rings is 1. The smallest absolute Gasteiger partial charge is 0.155 e. The number of rotatable bonds is 2. The highest BCUT2D eigenvalue weighted by atomic mass is 15.2. The summed E-state index contributed by atoms with van der Waals surface area (Å²) in [6, 6.07) is 12.3. The van der Waals surface area contributed by atoms with Crippen LogP contribution in [-0.4, -0.2) is 14.6 Å². The summed E-state index contributed by atoms with van der Waals surface area (Å²) in [5.41, 5.74) is 5.26. The van der Waals surface area contributed by atoms with Crippen molar-refractivity contribution in [3.05, 3.63) is 65.1 Å². The summed E-state index contributed by atoms with van der Waals surface area (Å²) in [7, 11) is 0. The van der Waals surface area contributed by atoms with Gasteiger partial charge in [-0.25, -0.2) is 9.50 Å². The molecule has 3 aromatic rings. The number of aromatic nitrogens is 3. The molecule has 0 bridgehead atoms. The van der Waals surface area contributed by atoms with E-state index in [4.69, 9.17) is 0 Å². The third-order valence-electron chi connectivity index (χ3n) is 3.26. The normalized spacial score (nSPS) is 10.4. The largest absolute Gasteiger partial charge is 0.234 e. The lowest BCUT2D eigenvalue weighted by Crippen LogP contribution is -1.94. The van der Waals surface area contributed by atoms with Crippen LogP contribution < -0.4 is 0 Å². The fourth-order valence-electron chi connectivity index (χ4n) is 2.25. The van der Waals surface area contributed by atoms with Gasteiger partial charge in [0.15, 0.2) is 5.65 Å². The second-order valence-electron chi connectivity index (χ2n) is 5.18. The van der Waals surface area contributed by atoms with Gasteiger partial charge in [0, 0.05) is 36.4 Å². The van der Waals surface area contributed by atoms with Gasteiger partial charge >= 0.3 is 0 Å². The van der Waals surface area contributed by atoms with E-state index >= 15 is 0 Å². The van der Waals surface area contributed by atoms with Crippen molar-refractivity contribution < 1.29 is 0 Å². The van der Waals surface area contributed by atoms with E-state index in [2.05, 4.69) is 41.0 Å². The quantitative estimate of drug-likeness (QED) is 0.672. The molecular weight excluding hydrogens is 258 g/mol. The first-order chi connectivity index (χ1) is 10.2. The van der Waals surface area contributed by atoms with E-state index in [-0.39, 0.29) is 0 Å². The molecule has 2 aromatic heterocycles. The van der Waals surface area contributed by atoms with Crippen LogP contribution in [0.25, 0.3) is 5.65 Å². The molecule has 3 rings (SSSR count). The first-order valence-electron chi connectivity index (χ1n) is 7.08. The van der Waals surface area contributed by atoms with Crippen LogP contribution in [0.5, 0.6) is 0 Å². The van der Waals surface area contributed by atoms with Gasteiger partial charge in [0.25, 0.3) is 0 Å². The molecule has 0 aliphatic carbocycles. The van der Waals surface area contributed by atoms with E-state index in [0.29, 0.717) is 0 Å². The third kappa shape index (κ3) is 3.29. The fraction of sp³-hybridized carbons (Fsp3) is 0.222. The molecule has 0 N–H and O–H groups in total. The SMILES string of the molecule is Cc1cccc(C#CCCc2ccn3nc(C)cc3n2)c1. The van der Waals surface area contributed by atoms with Crippen molar-refractivity contribution in [2.24, 2.45) is 0 Å². The second kappa shape index (κ2) is 5.80. The standard InChI is InChI=1S/C18H17N3/c1-14-6-5-8-16(12-14)7-3-4-9-17-10-11-21-18(19-17)13-15(2)20-21/h5-6,8,10-13H,4,9H2,1-2H3. The van der Waals surface area contributed by atoms with Crippen molar-refractivity contribution in [1.29, 1.82) is 0 Å². The monoisotopic (exact) mass is 275 g/mol. The summed E-state index contributed by atoms with van der Waals surface area (Å²) < 4.78 is 1.80. The van der Waals surface area contributed by atoms with Crippen molar-refractivity contribution in [3.8, 4) is 11.8 Å². The lowest BCUT2D eigenvalue weighted by atomic mass is 10.1. The third-order valence-corrected chi connectivity index (χ3v) is 3.26. The van der Waals surface area contributed by atoms with E-state index in [9.17, 15) is 0 Å². The van der Waals surface area contributed by atoms with Gasteiger partial charge in [-0.3, -0.25) is 0 Å². The molecule has 21 heavy (non-hydrogen) atoms. The fourth-order valence-corrected chi connectivity index (χ4v) is 2.25. The van der Waals surface area contributed by atoms with Gasteiger partial charge in [-0.2, -0.15) is 5.10 Å². The van der Waals surface area contributed by atoms with Crippen LogP contribution in [0.3, 0.4) is 0 Å². The minimum absolute atomic E-state index is 0.810. The summed E-state index contributed by atoms with van der Waals surface area (Å²) in [6.07, 6.45) is 3.63. The zero-order valence-electron chi connectivity index (χ0n) is 12.3. The molecule has 0 aliphatic rings. The van der Waals surface area contributed by atoms with Crippen molar-refractivity contribution in [1.82, 2.24) is 14.6 Å². The zero-order chi connectivity index (χ0) is 14.7. The van der Waals surface area contributed by atoms with Crippen LogP contribution in [-0.2, 0) is 6.42 Å². The number of aryl methyl sites for hydroxylation is 3. The van der Waals surface area contributed by atoms with Crippen LogP contribution in [0.15, 0.2) is 42.6 Å². The summed E-state index contributed by atoms with van der Waals surface area (Å²) >= 11 is 0. The molecule has 2 heterocycles. The molecule has 0 spiro atoms. The summed E-state index contributed by atoms with van der Waals surface area (Å²) in [5.74, 6) is 6.42. The highest BCUT2D eigenvalue weighted by Gasteiger charge is 2.00.